The van der Waals surface area contributed by atoms with Crippen molar-refractivity contribution in [1.82, 2.24) is 4.90 Å². The van der Waals surface area contributed by atoms with Crippen LogP contribution in [0.3, 0.4) is 0 Å². The number of rotatable bonds is 11. The van der Waals surface area contributed by atoms with Gasteiger partial charge in [-0.1, -0.05) is 54.6 Å². The summed E-state index contributed by atoms with van der Waals surface area (Å²) in [6.45, 7) is 0. The van der Waals surface area contributed by atoms with Crippen LogP contribution in [0.15, 0.2) is 78.9 Å². The van der Waals surface area contributed by atoms with Gasteiger partial charge in [0.1, 0.15) is 35.4 Å². The van der Waals surface area contributed by atoms with Crippen LogP contribution in [0.25, 0.3) is 0 Å². The molecular formula is C34H33NO10. The Morgan fingerprint density at radius 1 is 0.756 bits per heavy atom. The number of aliphatic carboxylic acids is 1. The van der Waals surface area contributed by atoms with Gasteiger partial charge in [-0.25, -0.2) is 0 Å². The molecule has 6 rings (SSSR count). The molecule has 3 aromatic rings. The first kappa shape index (κ1) is 30.3. The molecule has 3 fully saturated rings. The van der Waals surface area contributed by atoms with Gasteiger partial charge >= 0.3 is 11.9 Å². The summed E-state index contributed by atoms with van der Waals surface area (Å²) in [5, 5.41) is 9.14. The zero-order valence-electron chi connectivity index (χ0n) is 25.0. The zero-order chi connectivity index (χ0) is 31.9. The fraction of sp³-hybridized carbons (Fsp3) is 0.353. The molecule has 0 aliphatic carbocycles. The van der Waals surface area contributed by atoms with Crippen LogP contribution in [0.5, 0.6) is 11.5 Å². The fourth-order valence-corrected chi connectivity index (χ4v) is 6.76. The predicted octanol–water partition coefficient (Wildman–Crippen LogP) is 3.17. The van der Waals surface area contributed by atoms with E-state index in [9.17, 15) is 19.2 Å². The first-order valence-electron chi connectivity index (χ1n) is 14.6. The third kappa shape index (κ3) is 5.11. The van der Waals surface area contributed by atoms with E-state index in [0.29, 0.717) is 22.6 Å². The number of esters is 1. The molecule has 2 unspecified atom stereocenters. The highest BCUT2D eigenvalue weighted by Gasteiger charge is 2.71. The van der Waals surface area contributed by atoms with E-state index in [4.69, 9.17) is 28.8 Å². The van der Waals surface area contributed by atoms with Gasteiger partial charge in [-0.15, -0.1) is 0 Å². The Kier molecular flexibility index (Phi) is 8.07. The topological polar surface area (TPSA) is 138 Å². The van der Waals surface area contributed by atoms with E-state index in [1.54, 1.807) is 14.2 Å². The van der Waals surface area contributed by atoms with Crippen molar-refractivity contribution >= 4 is 23.8 Å². The van der Waals surface area contributed by atoms with Crippen molar-refractivity contribution in [2.75, 3.05) is 21.3 Å². The van der Waals surface area contributed by atoms with Crippen LogP contribution in [-0.4, -0.2) is 79.4 Å². The number of fused-ring (bicyclic) bond motifs is 5. The highest BCUT2D eigenvalue weighted by atomic mass is 16.6. The van der Waals surface area contributed by atoms with Crippen molar-refractivity contribution in [1.29, 1.82) is 0 Å². The normalized spacial score (nSPS) is 25.3. The number of carboxylic acids is 1. The lowest BCUT2D eigenvalue weighted by Gasteiger charge is -2.42. The first-order chi connectivity index (χ1) is 21.7. The van der Waals surface area contributed by atoms with E-state index >= 15 is 0 Å². The lowest BCUT2D eigenvalue weighted by atomic mass is 9.76. The summed E-state index contributed by atoms with van der Waals surface area (Å²) in [6.07, 6.45) is -4.79. The van der Waals surface area contributed by atoms with E-state index in [-0.39, 0.29) is 12.3 Å². The number of imide groups is 1. The maximum atomic E-state index is 13.3. The van der Waals surface area contributed by atoms with Crippen LogP contribution in [0.2, 0.25) is 0 Å². The number of hydrogen-bond donors (Lipinski definition) is 1. The largest absolute Gasteiger partial charge is 0.497 e. The molecule has 0 spiro atoms. The molecule has 234 valence electrons. The highest BCUT2D eigenvalue weighted by Crippen LogP contribution is 2.53. The van der Waals surface area contributed by atoms with E-state index in [1.165, 1.54) is 7.05 Å². The maximum absolute atomic E-state index is 13.3. The highest BCUT2D eigenvalue weighted by molar-refractivity contribution is 6.06. The molecule has 1 N–H and O–H groups in total. The van der Waals surface area contributed by atoms with E-state index in [2.05, 4.69) is 0 Å². The summed E-state index contributed by atoms with van der Waals surface area (Å²) in [6, 6.07) is 24.2. The van der Waals surface area contributed by atoms with Gasteiger partial charge in [0.15, 0.2) is 6.10 Å². The number of ether oxygens (including phenoxy) is 5. The summed E-state index contributed by atoms with van der Waals surface area (Å²) >= 11 is 0. The van der Waals surface area contributed by atoms with Gasteiger partial charge in [0.25, 0.3) is 0 Å². The number of likely N-dealkylation sites (tertiary alicyclic amines) is 1. The molecule has 2 bridgehead atoms. The SMILES string of the molecule is COc1ccc(C(O[C@H]2[C@@H](OC(=O)CCC(=O)O)[C@H]3O[C@@H]2C2C(=O)N(C)C(=O)C23)(c2ccccc2)c2ccc(OC)cc2)cc1. The van der Waals surface area contributed by atoms with Crippen LogP contribution in [-0.2, 0) is 39.0 Å². The third-order valence-corrected chi connectivity index (χ3v) is 8.91. The lowest BCUT2D eigenvalue weighted by Crippen LogP contribution is -2.54. The Morgan fingerprint density at radius 2 is 1.24 bits per heavy atom. The fourth-order valence-electron chi connectivity index (χ4n) is 6.76. The molecule has 0 saturated carbocycles. The number of methoxy groups -OCH3 is 2. The van der Waals surface area contributed by atoms with Gasteiger partial charge in [0, 0.05) is 7.05 Å². The van der Waals surface area contributed by atoms with Crippen molar-refractivity contribution < 1.29 is 48.0 Å². The zero-order valence-corrected chi connectivity index (χ0v) is 25.0. The molecule has 45 heavy (non-hydrogen) atoms. The molecule has 6 atom stereocenters. The monoisotopic (exact) mass is 615 g/mol. The minimum Gasteiger partial charge on any atom is -0.497 e. The molecular weight excluding hydrogens is 582 g/mol. The van der Waals surface area contributed by atoms with E-state index in [0.717, 1.165) is 10.5 Å². The molecule has 2 amide bonds. The Bertz CT molecular complexity index is 1540. The molecule has 0 radical (unpaired) electrons. The van der Waals surface area contributed by atoms with E-state index in [1.807, 2.05) is 78.9 Å². The van der Waals surface area contributed by atoms with Crippen LogP contribution >= 0.6 is 0 Å². The molecule has 3 aliphatic heterocycles. The second kappa shape index (κ2) is 12.0. The molecule has 3 aromatic carbocycles. The maximum Gasteiger partial charge on any atom is 0.306 e. The Labute approximate surface area is 259 Å². The summed E-state index contributed by atoms with van der Waals surface area (Å²) in [5.74, 6) is -3.14. The number of hydrogen-bond acceptors (Lipinski definition) is 9. The van der Waals surface area contributed by atoms with Crippen LogP contribution < -0.4 is 9.47 Å². The van der Waals surface area contributed by atoms with Gasteiger partial charge in [0.2, 0.25) is 11.8 Å². The number of carboxylic acid groups (broad SMARTS) is 1. The number of benzene rings is 3. The van der Waals surface area contributed by atoms with Crippen molar-refractivity contribution in [3.63, 3.8) is 0 Å². The van der Waals surface area contributed by atoms with Crippen molar-refractivity contribution in [3.05, 3.63) is 95.6 Å². The smallest absolute Gasteiger partial charge is 0.306 e. The quantitative estimate of drug-likeness (QED) is 0.195. The van der Waals surface area contributed by atoms with Crippen LogP contribution in [0, 0.1) is 11.8 Å². The van der Waals surface area contributed by atoms with Gasteiger partial charge in [-0.3, -0.25) is 24.1 Å². The first-order valence-corrected chi connectivity index (χ1v) is 14.6. The van der Waals surface area contributed by atoms with Crippen LogP contribution in [0.4, 0.5) is 0 Å². The molecule has 3 heterocycles. The van der Waals surface area contributed by atoms with Gasteiger partial charge < -0.3 is 28.8 Å². The average Bonchev–Trinajstić information content (AvgIpc) is 3.68. The Hall–Kier alpha value is -4.74. The second-order valence-electron chi connectivity index (χ2n) is 11.3. The van der Waals surface area contributed by atoms with Crippen LogP contribution in [0.1, 0.15) is 29.5 Å². The molecule has 3 aliphatic rings. The number of carbonyl (C=O) groups is 4. The minimum atomic E-state index is -1.34. The van der Waals surface area contributed by atoms with Gasteiger partial charge in [-0.2, -0.15) is 0 Å². The standard InChI is InChI=1S/C34H33NO10/c1-35-32(39)26-27(33(35)40)29-31(30(28(26)44-29)43-25(38)18-17-24(36)37)45-34(19-7-5-4-6-8-19,20-9-13-22(41-2)14-10-20)21-11-15-23(42-3)16-12-21/h4-16,26-31H,17-18H2,1-3H3,(H,36,37)/t26?,27?,28-,29+,30-,31+/m0/s1. The molecule has 11 heteroatoms. The summed E-state index contributed by atoms with van der Waals surface area (Å²) < 4.78 is 30.2. The molecule has 11 nitrogen and oxygen atoms in total. The number of amides is 2. The molecule has 3 saturated heterocycles. The Balaban J connectivity index is 1.51. The predicted molar refractivity (Wildman–Crippen MR) is 157 cm³/mol. The van der Waals surface area contributed by atoms with Crippen molar-refractivity contribution in [2.45, 2.75) is 42.9 Å². The summed E-state index contributed by atoms with van der Waals surface area (Å²) in [5.41, 5.74) is 0.820. The number of carbonyl (C=O) groups excluding carboxylic acids is 3. The summed E-state index contributed by atoms with van der Waals surface area (Å²) in [7, 11) is 4.57. The van der Waals surface area contributed by atoms with Gasteiger partial charge in [-0.05, 0) is 41.0 Å². The van der Waals surface area contributed by atoms with E-state index < -0.39 is 66.1 Å². The lowest BCUT2D eigenvalue weighted by molar-refractivity contribution is -0.172. The third-order valence-electron chi connectivity index (χ3n) is 8.91. The second-order valence-corrected chi connectivity index (χ2v) is 11.3. The van der Waals surface area contributed by atoms with Crippen molar-refractivity contribution in [3.8, 4) is 11.5 Å². The van der Waals surface area contributed by atoms with Crippen molar-refractivity contribution in [2.24, 2.45) is 11.8 Å². The molecule has 0 aromatic heterocycles. The number of nitrogens with zero attached hydrogens (tertiary/aromatic N) is 1. The van der Waals surface area contributed by atoms with Gasteiger partial charge in [0.05, 0.1) is 38.9 Å². The Morgan fingerprint density at radius 3 is 1.73 bits per heavy atom. The average molecular weight is 616 g/mol. The minimum absolute atomic E-state index is 0.377. The summed E-state index contributed by atoms with van der Waals surface area (Å²) in [4.78, 5) is 51.7.